The SMILES string of the molecule is COCc1ccc(-c2nc(C3CC3)c(I)c(=O)[nH]2)cc1. The van der Waals surface area contributed by atoms with Gasteiger partial charge in [-0.2, -0.15) is 0 Å². The van der Waals surface area contributed by atoms with E-state index < -0.39 is 0 Å². The summed E-state index contributed by atoms with van der Waals surface area (Å²) in [6.45, 7) is 0.588. The smallest absolute Gasteiger partial charge is 0.264 e. The zero-order chi connectivity index (χ0) is 14.1. The van der Waals surface area contributed by atoms with Gasteiger partial charge in [0.25, 0.3) is 5.56 Å². The molecule has 0 spiro atoms. The molecule has 1 saturated carbocycles. The number of nitrogens with zero attached hydrogens (tertiary/aromatic N) is 1. The van der Waals surface area contributed by atoms with E-state index in [2.05, 4.69) is 32.6 Å². The fourth-order valence-corrected chi connectivity index (χ4v) is 2.86. The Bertz CT molecular complexity index is 675. The van der Waals surface area contributed by atoms with E-state index in [1.165, 1.54) is 0 Å². The van der Waals surface area contributed by atoms with Crippen LogP contribution in [0.1, 0.15) is 30.0 Å². The van der Waals surface area contributed by atoms with Crippen molar-refractivity contribution in [1.82, 2.24) is 9.97 Å². The van der Waals surface area contributed by atoms with Gasteiger partial charge in [-0.25, -0.2) is 4.98 Å². The summed E-state index contributed by atoms with van der Waals surface area (Å²) in [6.07, 6.45) is 2.28. The van der Waals surface area contributed by atoms with Crippen molar-refractivity contribution in [2.24, 2.45) is 0 Å². The number of benzene rings is 1. The summed E-state index contributed by atoms with van der Waals surface area (Å²) in [4.78, 5) is 19.5. The lowest BCUT2D eigenvalue weighted by atomic mass is 10.1. The Morgan fingerprint density at radius 2 is 2.05 bits per heavy atom. The molecule has 104 valence electrons. The Morgan fingerprint density at radius 1 is 1.35 bits per heavy atom. The number of hydrogen-bond donors (Lipinski definition) is 1. The van der Waals surface area contributed by atoms with E-state index in [9.17, 15) is 4.79 Å². The van der Waals surface area contributed by atoms with Crippen LogP contribution in [0.4, 0.5) is 0 Å². The van der Waals surface area contributed by atoms with Gasteiger partial charge in [0.05, 0.1) is 15.9 Å². The van der Waals surface area contributed by atoms with Crippen molar-refractivity contribution in [3.63, 3.8) is 0 Å². The second kappa shape index (κ2) is 5.65. The summed E-state index contributed by atoms with van der Waals surface area (Å²) in [5.74, 6) is 1.12. The fraction of sp³-hybridized carbons (Fsp3) is 0.333. The topological polar surface area (TPSA) is 55.0 Å². The average Bonchev–Trinajstić information content (AvgIpc) is 3.27. The molecular formula is C15H15IN2O2. The van der Waals surface area contributed by atoms with E-state index in [-0.39, 0.29) is 5.56 Å². The molecule has 2 aromatic rings. The first-order valence-corrected chi connectivity index (χ1v) is 7.65. The number of methoxy groups -OCH3 is 1. The Labute approximate surface area is 130 Å². The van der Waals surface area contributed by atoms with E-state index >= 15 is 0 Å². The van der Waals surface area contributed by atoms with Gasteiger partial charge in [0.1, 0.15) is 5.82 Å². The first kappa shape index (κ1) is 13.8. The highest BCUT2D eigenvalue weighted by molar-refractivity contribution is 14.1. The number of rotatable bonds is 4. The summed E-state index contributed by atoms with van der Waals surface area (Å²) >= 11 is 2.09. The first-order valence-electron chi connectivity index (χ1n) is 6.57. The summed E-state index contributed by atoms with van der Waals surface area (Å²) in [7, 11) is 1.67. The molecule has 3 rings (SSSR count). The third-order valence-corrected chi connectivity index (χ3v) is 4.43. The Balaban J connectivity index is 1.99. The van der Waals surface area contributed by atoms with Crippen LogP contribution < -0.4 is 5.56 Å². The maximum Gasteiger partial charge on any atom is 0.264 e. The molecule has 0 atom stereocenters. The molecular weight excluding hydrogens is 367 g/mol. The molecule has 1 fully saturated rings. The van der Waals surface area contributed by atoms with Crippen LogP contribution in [-0.4, -0.2) is 17.1 Å². The molecule has 1 N–H and O–H groups in total. The Hall–Kier alpha value is -1.21. The number of halogens is 1. The summed E-state index contributed by atoms with van der Waals surface area (Å²) < 4.78 is 5.82. The van der Waals surface area contributed by atoms with E-state index in [1.54, 1.807) is 7.11 Å². The molecule has 1 aromatic heterocycles. The van der Waals surface area contributed by atoms with Gasteiger partial charge in [-0.3, -0.25) is 4.79 Å². The fourth-order valence-electron chi connectivity index (χ4n) is 2.17. The molecule has 1 aliphatic carbocycles. The zero-order valence-electron chi connectivity index (χ0n) is 11.1. The van der Waals surface area contributed by atoms with Crippen molar-refractivity contribution < 1.29 is 4.74 Å². The number of nitrogens with one attached hydrogen (secondary N) is 1. The van der Waals surface area contributed by atoms with Crippen molar-refractivity contribution in [2.75, 3.05) is 7.11 Å². The van der Waals surface area contributed by atoms with Gasteiger partial charge in [0.15, 0.2) is 0 Å². The molecule has 1 aliphatic rings. The molecule has 4 nitrogen and oxygen atoms in total. The lowest BCUT2D eigenvalue weighted by Crippen LogP contribution is -2.15. The maximum absolute atomic E-state index is 12.0. The van der Waals surface area contributed by atoms with Gasteiger partial charge in [0, 0.05) is 18.6 Å². The van der Waals surface area contributed by atoms with Crippen LogP contribution in [0, 0.1) is 3.57 Å². The number of aromatic nitrogens is 2. The molecule has 0 radical (unpaired) electrons. The van der Waals surface area contributed by atoms with E-state index in [1.807, 2.05) is 24.3 Å². The van der Waals surface area contributed by atoms with Crippen LogP contribution in [0.15, 0.2) is 29.1 Å². The first-order chi connectivity index (χ1) is 9.69. The minimum atomic E-state index is -0.0431. The molecule has 0 bridgehead atoms. The summed E-state index contributed by atoms with van der Waals surface area (Å²) in [5, 5.41) is 0. The third kappa shape index (κ3) is 2.78. The van der Waals surface area contributed by atoms with E-state index in [4.69, 9.17) is 4.74 Å². The quantitative estimate of drug-likeness (QED) is 0.828. The van der Waals surface area contributed by atoms with Gasteiger partial charge in [-0.15, -0.1) is 0 Å². The predicted molar refractivity (Wildman–Crippen MR) is 85.7 cm³/mol. The number of H-pyrrole nitrogens is 1. The Morgan fingerprint density at radius 3 is 2.65 bits per heavy atom. The van der Waals surface area contributed by atoms with Crippen LogP contribution in [0.2, 0.25) is 0 Å². The van der Waals surface area contributed by atoms with Crippen molar-refractivity contribution >= 4 is 22.6 Å². The Kier molecular flexibility index (Phi) is 3.89. The molecule has 0 unspecified atom stereocenters. The molecule has 0 amide bonds. The molecule has 20 heavy (non-hydrogen) atoms. The maximum atomic E-state index is 12.0. The van der Waals surface area contributed by atoms with Gasteiger partial charge in [0.2, 0.25) is 0 Å². The van der Waals surface area contributed by atoms with Crippen LogP contribution in [0.3, 0.4) is 0 Å². The van der Waals surface area contributed by atoms with Crippen molar-refractivity contribution in [1.29, 1.82) is 0 Å². The van der Waals surface area contributed by atoms with Crippen LogP contribution in [0.25, 0.3) is 11.4 Å². The van der Waals surface area contributed by atoms with E-state index in [0.29, 0.717) is 18.3 Å². The monoisotopic (exact) mass is 382 g/mol. The van der Waals surface area contributed by atoms with Crippen molar-refractivity contribution in [2.45, 2.75) is 25.4 Å². The van der Waals surface area contributed by atoms with Crippen LogP contribution in [-0.2, 0) is 11.3 Å². The van der Waals surface area contributed by atoms with Gasteiger partial charge >= 0.3 is 0 Å². The highest BCUT2D eigenvalue weighted by Gasteiger charge is 2.28. The average molecular weight is 382 g/mol. The number of hydrogen-bond acceptors (Lipinski definition) is 3. The van der Waals surface area contributed by atoms with Crippen molar-refractivity contribution in [3.05, 3.63) is 49.4 Å². The number of ether oxygens (including phenoxy) is 1. The second-order valence-electron chi connectivity index (χ2n) is 5.02. The molecule has 1 aromatic carbocycles. The lowest BCUT2D eigenvalue weighted by Gasteiger charge is -2.07. The van der Waals surface area contributed by atoms with Crippen LogP contribution >= 0.6 is 22.6 Å². The molecule has 0 saturated heterocycles. The minimum absolute atomic E-state index is 0.0431. The molecule has 5 heteroatoms. The third-order valence-electron chi connectivity index (χ3n) is 3.39. The molecule has 0 aliphatic heterocycles. The highest BCUT2D eigenvalue weighted by atomic mass is 127. The largest absolute Gasteiger partial charge is 0.380 e. The summed E-state index contributed by atoms with van der Waals surface area (Å²) in [5.41, 5.74) is 2.94. The van der Waals surface area contributed by atoms with E-state index in [0.717, 1.165) is 33.2 Å². The van der Waals surface area contributed by atoms with Crippen LogP contribution in [0.5, 0.6) is 0 Å². The minimum Gasteiger partial charge on any atom is -0.380 e. The zero-order valence-corrected chi connectivity index (χ0v) is 13.3. The van der Waals surface area contributed by atoms with Gasteiger partial charge in [-0.05, 0) is 41.0 Å². The normalized spacial score (nSPS) is 14.5. The lowest BCUT2D eigenvalue weighted by molar-refractivity contribution is 0.185. The van der Waals surface area contributed by atoms with Gasteiger partial charge < -0.3 is 9.72 Å². The van der Waals surface area contributed by atoms with Crippen molar-refractivity contribution in [3.8, 4) is 11.4 Å². The highest BCUT2D eigenvalue weighted by Crippen LogP contribution is 2.40. The second-order valence-corrected chi connectivity index (χ2v) is 6.10. The predicted octanol–water partition coefficient (Wildman–Crippen LogP) is 3.07. The number of aromatic amines is 1. The molecule has 1 heterocycles. The summed E-state index contributed by atoms with van der Waals surface area (Å²) in [6, 6.07) is 7.92. The van der Waals surface area contributed by atoms with Gasteiger partial charge in [-0.1, -0.05) is 24.3 Å². The standard InChI is InChI=1S/C15H15IN2O2/c1-20-8-9-2-4-11(5-3-9)14-17-13(10-6-7-10)12(16)15(19)18-14/h2-5,10H,6-8H2,1H3,(H,17,18,19).